The third-order valence-corrected chi connectivity index (χ3v) is 2.78. The maximum absolute atomic E-state index is 9.01. The molecular formula is C11H15NO. The Morgan fingerprint density at radius 1 is 1.23 bits per heavy atom. The van der Waals surface area contributed by atoms with Gasteiger partial charge in [0.25, 0.3) is 0 Å². The van der Waals surface area contributed by atoms with Crippen LogP contribution >= 0.6 is 0 Å². The molecule has 1 aromatic rings. The second-order valence-electron chi connectivity index (χ2n) is 3.63. The summed E-state index contributed by atoms with van der Waals surface area (Å²) in [5.41, 5.74) is 5.05. The highest BCUT2D eigenvalue weighted by molar-refractivity contribution is 5.30. The van der Waals surface area contributed by atoms with Gasteiger partial charge in [-0.1, -0.05) is 30.7 Å². The number of fused-ring (bicyclic) bond motifs is 1. The third kappa shape index (κ3) is 1.74. The smallest absolute Gasteiger partial charge is 0.0571 e. The highest BCUT2D eigenvalue weighted by Crippen LogP contribution is 2.27. The summed E-state index contributed by atoms with van der Waals surface area (Å²) in [6.45, 7) is 0. The highest BCUT2D eigenvalue weighted by atomic mass is 16.5. The molecule has 13 heavy (non-hydrogen) atoms. The molecule has 0 bridgehead atoms. The van der Waals surface area contributed by atoms with Gasteiger partial charge in [0.15, 0.2) is 0 Å². The SMILES string of the molecule is ONC1CCCCc2ccccc21. The van der Waals surface area contributed by atoms with Crippen LogP contribution in [-0.2, 0) is 6.42 Å². The molecule has 0 saturated carbocycles. The molecule has 0 amide bonds. The van der Waals surface area contributed by atoms with E-state index in [1.807, 2.05) is 6.07 Å². The first kappa shape index (κ1) is 8.73. The molecule has 2 N–H and O–H groups in total. The monoisotopic (exact) mass is 177 g/mol. The summed E-state index contributed by atoms with van der Waals surface area (Å²) in [4.78, 5) is 0. The van der Waals surface area contributed by atoms with Crippen LogP contribution in [-0.4, -0.2) is 5.21 Å². The molecule has 2 heteroatoms. The summed E-state index contributed by atoms with van der Waals surface area (Å²) in [6.07, 6.45) is 4.60. The zero-order valence-corrected chi connectivity index (χ0v) is 7.66. The lowest BCUT2D eigenvalue weighted by atomic mass is 10.00. The molecule has 1 atom stereocenters. The van der Waals surface area contributed by atoms with Crippen molar-refractivity contribution >= 4 is 0 Å². The average Bonchev–Trinajstić information content (AvgIpc) is 2.39. The highest BCUT2D eigenvalue weighted by Gasteiger charge is 2.16. The van der Waals surface area contributed by atoms with Crippen LogP contribution in [0.15, 0.2) is 24.3 Å². The maximum Gasteiger partial charge on any atom is 0.0571 e. The van der Waals surface area contributed by atoms with Crippen LogP contribution < -0.4 is 5.48 Å². The van der Waals surface area contributed by atoms with E-state index in [1.165, 1.54) is 24.0 Å². The summed E-state index contributed by atoms with van der Waals surface area (Å²) in [5, 5.41) is 9.01. The Morgan fingerprint density at radius 3 is 2.92 bits per heavy atom. The minimum absolute atomic E-state index is 0.138. The minimum atomic E-state index is 0.138. The first-order chi connectivity index (χ1) is 6.42. The number of rotatable bonds is 1. The molecule has 0 saturated heterocycles. The van der Waals surface area contributed by atoms with Crippen molar-refractivity contribution in [1.82, 2.24) is 5.48 Å². The number of nitrogens with one attached hydrogen (secondary N) is 1. The van der Waals surface area contributed by atoms with Gasteiger partial charge in [0.1, 0.15) is 0 Å². The first-order valence-corrected chi connectivity index (χ1v) is 4.89. The largest absolute Gasteiger partial charge is 0.316 e. The molecule has 0 heterocycles. The van der Waals surface area contributed by atoms with Crippen molar-refractivity contribution in [3.63, 3.8) is 0 Å². The molecule has 0 radical (unpaired) electrons. The van der Waals surface area contributed by atoms with Gasteiger partial charge in [0.05, 0.1) is 6.04 Å². The lowest BCUT2D eigenvalue weighted by Gasteiger charge is -2.14. The molecular weight excluding hydrogens is 162 g/mol. The van der Waals surface area contributed by atoms with Crippen LogP contribution in [0.1, 0.15) is 36.4 Å². The number of benzene rings is 1. The van der Waals surface area contributed by atoms with E-state index in [0.717, 1.165) is 12.8 Å². The topological polar surface area (TPSA) is 32.3 Å². The summed E-state index contributed by atoms with van der Waals surface area (Å²) in [6, 6.07) is 8.51. The van der Waals surface area contributed by atoms with E-state index in [0.29, 0.717) is 0 Å². The Morgan fingerprint density at radius 2 is 2.08 bits per heavy atom. The Labute approximate surface area is 78.5 Å². The van der Waals surface area contributed by atoms with E-state index in [-0.39, 0.29) is 6.04 Å². The van der Waals surface area contributed by atoms with Crippen molar-refractivity contribution < 1.29 is 5.21 Å². The average molecular weight is 177 g/mol. The van der Waals surface area contributed by atoms with Crippen LogP contribution in [0.3, 0.4) is 0 Å². The van der Waals surface area contributed by atoms with Crippen molar-refractivity contribution in [2.24, 2.45) is 0 Å². The van der Waals surface area contributed by atoms with Gasteiger partial charge < -0.3 is 5.21 Å². The molecule has 1 unspecified atom stereocenters. The molecule has 0 aromatic heterocycles. The second kappa shape index (κ2) is 3.90. The number of hydrogen-bond donors (Lipinski definition) is 2. The summed E-state index contributed by atoms with van der Waals surface area (Å²) in [5.74, 6) is 0. The van der Waals surface area contributed by atoms with Crippen LogP contribution in [0.2, 0.25) is 0 Å². The predicted octanol–water partition coefficient (Wildman–Crippen LogP) is 2.43. The Kier molecular flexibility index (Phi) is 2.62. The van der Waals surface area contributed by atoms with Crippen LogP contribution in [0.5, 0.6) is 0 Å². The zero-order chi connectivity index (χ0) is 9.10. The second-order valence-corrected chi connectivity index (χ2v) is 3.63. The van der Waals surface area contributed by atoms with Crippen LogP contribution in [0.25, 0.3) is 0 Å². The Hall–Kier alpha value is -0.860. The number of hydroxylamine groups is 1. The van der Waals surface area contributed by atoms with Crippen molar-refractivity contribution in [3.8, 4) is 0 Å². The van der Waals surface area contributed by atoms with E-state index >= 15 is 0 Å². The number of aryl methyl sites for hydroxylation is 1. The van der Waals surface area contributed by atoms with Crippen molar-refractivity contribution in [2.45, 2.75) is 31.7 Å². The van der Waals surface area contributed by atoms with Crippen molar-refractivity contribution in [2.75, 3.05) is 0 Å². The summed E-state index contributed by atoms with van der Waals surface area (Å²) < 4.78 is 0. The quantitative estimate of drug-likeness (QED) is 0.510. The van der Waals surface area contributed by atoms with Crippen molar-refractivity contribution in [3.05, 3.63) is 35.4 Å². The van der Waals surface area contributed by atoms with E-state index < -0.39 is 0 Å². The molecule has 1 aliphatic rings. The number of hydrogen-bond acceptors (Lipinski definition) is 2. The maximum atomic E-state index is 9.01. The van der Waals surface area contributed by atoms with Gasteiger partial charge >= 0.3 is 0 Å². The summed E-state index contributed by atoms with van der Waals surface area (Å²) in [7, 11) is 0. The molecule has 0 fully saturated rings. The van der Waals surface area contributed by atoms with E-state index in [4.69, 9.17) is 5.21 Å². The molecule has 2 rings (SSSR count). The fraction of sp³-hybridized carbons (Fsp3) is 0.455. The van der Waals surface area contributed by atoms with Gasteiger partial charge in [-0.2, -0.15) is 5.48 Å². The molecule has 1 aliphatic carbocycles. The molecule has 70 valence electrons. The van der Waals surface area contributed by atoms with Crippen LogP contribution in [0, 0.1) is 0 Å². The summed E-state index contributed by atoms with van der Waals surface area (Å²) >= 11 is 0. The Bertz CT molecular complexity index is 285. The fourth-order valence-electron chi connectivity index (χ4n) is 2.06. The van der Waals surface area contributed by atoms with Gasteiger partial charge in [-0.15, -0.1) is 0 Å². The van der Waals surface area contributed by atoms with Gasteiger partial charge in [-0.3, -0.25) is 0 Å². The van der Waals surface area contributed by atoms with Gasteiger partial charge in [-0.05, 0) is 30.4 Å². The lowest BCUT2D eigenvalue weighted by Crippen LogP contribution is -2.16. The fourth-order valence-corrected chi connectivity index (χ4v) is 2.06. The van der Waals surface area contributed by atoms with Gasteiger partial charge in [0.2, 0.25) is 0 Å². The molecule has 0 spiro atoms. The van der Waals surface area contributed by atoms with E-state index in [9.17, 15) is 0 Å². The minimum Gasteiger partial charge on any atom is -0.316 e. The van der Waals surface area contributed by atoms with Gasteiger partial charge in [-0.25, -0.2) is 0 Å². The molecule has 1 aromatic carbocycles. The van der Waals surface area contributed by atoms with Crippen molar-refractivity contribution in [1.29, 1.82) is 0 Å². The normalized spacial score (nSPS) is 22.1. The molecule has 0 aliphatic heterocycles. The van der Waals surface area contributed by atoms with Crippen LogP contribution in [0.4, 0.5) is 0 Å². The zero-order valence-electron chi connectivity index (χ0n) is 7.66. The van der Waals surface area contributed by atoms with E-state index in [2.05, 4.69) is 23.7 Å². The Balaban J connectivity index is 2.35. The van der Waals surface area contributed by atoms with Gasteiger partial charge in [0, 0.05) is 0 Å². The predicted molar refractivity (Wildman–Crippen MR) is 51.7 cm³/mol. The lowest BCUT2D eigenvalue weighted by molar-refractivity contribution is 0.121. The standard InChI is InChI=1S/C11H15NO/c13-12-11-8-4-2-6-9-5-1-3-7-10(9)11/h1,3,5,7,11-13H,2,4,6,8H2. The van der Waals surface area contributed by atoms with E-state index in [1.54, 1.807) is 0 Å². The third-order valence-electron chi connectivity index (χ3n) is 2.78. The molecule has 2 nitrogen and oxygen atoms in total. The first-order valence-electron chi connectivity index (χ1n) is 4.89.